The lowest BCUT2D eigenvalue weighted by molar-refractivity contribution is -0.274. The molecule has 1 aliphatic heterocycles. The molecule has 3 rings (SSSR count). The lowest BCUT2D eigenvalue weighted by Crippen LogP contribution is -2.53. The predicted molar refractivity (Wildman–Crippen MR) is 97.0 cm³/mol. The van der Waals surface area contributed by atoms with Crippen molar-refractivity contribution in [2.75, 3.05) is 36.4 Å². The number of hydrogen-bond acceptors (Lipinski definition) is 6. The fraction of sp³-hybridized carbons (Fsp3) is 0.389. The Bertz CT molecular complexity index is 778. The van der Waals surface area contributed by atoms with Gasteiger partial charge < -0.3 is 15.0 Å². The van der Waals surface area contributed by atoms with E-state index in [-0.39, 0.29) is 17.7 Å². The molecule has 1 saturated heterocycles. The Hall–Kier alpha value is -2.88. The zero-order valence-electron chi connectivity index (χ0n) is 15.2. The Morgan fingerprint density at radius 3 is 2.29 bits per heavy atom. The average molecular weight is 395 g/mol. The van der Waals surface area contributed by atoms with Crippen LogP contribution in [-0.2, 0) is 4.79 Å². The molecular formula is C18H20F3N5O2. The number of hydrogen-bond donors (Lipinski definition) is 1. The van der Waals surface area contributed by atoms with E-state index in [2.05, 4.69) is 24.9 Å². The van der Waals surface area contributed by atoms with E-state index in [4.69, 9.17) is 0 Å². The number of nitrogens with zero attached hydrogens (tertiary/aromatic N) is 4. The van der Waals surface area contributed by atoms with Crippen LogP contribution in [0.4, 0.5) is 24.8 Å². The molecule has 150 valence electrons. The first-order chi connectivity index (χ1) is 13.3. The van der Waals surface area contributed by atoms with Gasteiger partial charge in [-0.05, 0) is 37.3 Å². The molecule has 7 nitrogen and oxygen atoms in total. The molecule has 1 amide bonds. The first-order valence-electron chi connectivity index (χ1n) is 8.74. The maximum Gasteiger partial charge on any atom is 0.573 e. The molecule has 0 radical (unpaired) electrons. The number of halogens is 3. The van der Waals surface area contributed by atoms with Crippen LogP contribution < -0.4 is 15.0 Å². The maximum absolute atomic E-state index is 12.5. The molecule has 2 heterocycles. The number of aromatic nitrogens is 2. The molecule has 1 aromatic heterocycles. The highest BCUT2D eigenvalue weighted by molar-refractivity contribution is 5.94. The number of alkyl halides is 3. The second-order valence-electron chi connectivity index (χ2n) is 6.31. The van der Waals surface area contributed by atoms with Crippen LogP contribution in [-0.4, -0.2) is 59.4 Å². The zero-order valence-corrected chi connectivity index (χ0v) is 15.2. The molecule has 0 saturated carbocycles. The van der Waals surface area contributed by atoms with E-state index in [9.17, 15) is 18.0 Å². The Morgan fingerprint density at radius 1 is 1.11 bits per heavy atom. The smallest absolute Gasteiger partial charge is 0.406 e. The van der Waals surface area contributed by atoms with Crippen molar-refractivity contribution in [1.82, 2.24) is 14.9 Å². The van der Waals surface area contributed by atoms with Gasteiger partial charge in [-0.3, -0.25) is 9.69 Å². The summed E-state index contributed by atoms with van der Waals surface area (Å²) in [6, 6.07) is 6.43. The molecular weight excluding hydrogens is 375 g/mol. The van der Waals surface area contributed by atoms with Crippen LogP contribution in [0, 0.1) is 0 Å². The first-order valence-corrected chi connectivity index (χ1v) is 8.74. The van der Waals surface area contributed by atoms with Gasteiger partial charge in [0.25, 0.3) is 0 Å². The molecule has 1 aliphatic rings. The van der Waals surface area contributed by atoms with Gasteiger partial charge in [0.05, 0.1) is 6.04 Å². The number of amides is 1. The molecule has 0 unspecified atom stereocenters. The van der Waals surface area contributed by atoms with Crippen molar-refractivity contribution in [1.29, 1.82) is 0 Å². The van der Waals surface area contributed by atoms with E-state index >= 15 is 0 Å². The van der Waals surface area contributed by atoms with Gasteiger partial charge >= 0.3 is 6.36 Å². The summed E-state index contributed by atoms with van der Waals surface area (Å²) in [5, 5.41) is 2.72. The minimum atomic E-state index is -4.74. The van der Waals surface area contributed by atoms with E-state index in [1.807, 2.05) is 4.90 Å². The average Bonchev–Trinajstić information content (AvgIpc) is 2.68. The summed E-state index contributed by atoms with van der Waals surface area (Å²) >= 11 is 0. The topological polar surface area (TPSA) is 70.6 Å². The molecule has 1 aromatic carbocycles. The Morgan fingerprint density at radius 2 is 1.71 bits per heavy atom. The maximum atomic E-state index is 12.5. The number of nitrogens with one attached hydrogen (secondary N) is 1. The van der Waals surface area contributed by atoms with Crippen molar-refractivity contribution in [3.63, 3.8) is 0 Å². The molecule has 0 spiro atoms. The second-order valence-corrected chi connectivity index (χ2v) is 6.31. The van der Waals surface area contributed by atoms with Crippen molar-refractivity contribution in [2.45, 2.75) is 19.3 Å². The van der Waals surface area contributed by atoms with Crippen LogP contribution >= 0.6 is 0 Å². The van der Waals surface area contributed by atoms with Gasteiger partial charge in [-0.25, -0.2) is 9.97 Å². The van der Waals surface area contributed by atoms with Crippen molar-refractivity contribution in [3.05, 3.63) is 42.7 Å². The van der Waals surface area contributed by atoms with Crippen LogP contribution in [0.3, 0.4) is 0 Å². The van der Waals surface area contributed by atoms with Gasteiger partial charge in [0.2, 0.25) is 11.9 Å². The summed E-state index contributed by atoms with van der Waals surface area (Å²) in [6.07, 6.45) is -1.36. The van der Waals surface area contributed by atoms with Gasteiger partial charge in [-0.1, -0.05) is 0 Å². The summed E-state index contributed by atoms with van der Waals surface area (Å²) in [6.45, 7) is 4.54. The lowest BCUT2D eigenvalue weighted by atomic mass is 10.2. The fourth-order valence-corrected chi connectivity index (χ4v) is 2.92. The quantitative estimate of drug-likeness (QED) is 0.839. The van der Waals surface area contributed by atoms with E-state index in [1.165, 1.54) is 12.1 Å². The highest BCUT2D eigenvalue weighted by atomic mass is 19.4. The summed E-state index contributed by atoms with van der Waals surface area (Å²) in [7, 11) is 0. The van der Waals surface area contributed by atoms with Gasteiger partial charge in [-0.15, -0.1) is 13.2 Å². The molecule has 2 aromatic rings. The molecule has 1 atom stereocenters. The van der Waals surface area contributed by atoms with E-state index in [0.717, 1.165) is 12.1 Å². The monoisotopic (exact) mass is 395 g/mol. The first kappa shape index (κ1) is 19.9. The van der Waals surface area contributed by atoms with Crippen LogP contribution in [0.2, 0.25) is 0 Å². The molecule has 1 N–H and O–H groups in total. The number of ether oxygens (including phenoxy) is 1. The normalized spacial score (nSPS) is 16.5. The minimum Gasteiger partial charge on any atom is -0.406 e. The predicted octanol–water partition coefficient (Wildman–Crippen LogP) is 2.52. The van der Waals surface area contributed by atoms with E-state index < -0.39 is 6.36 Å². The van der Waals surface area contributed by atoms with Crippen LogP contribution in [0.5, 0.6) is 5.75 Å². The molecule has 1 fully saturated rings. The van der Waals surface area contributed by atoms with Gasteiger partial charge in [0.15, 0.2) is 0 Å². The molecule has 10 heteroatoms. The number of benzene rings is 1. The van der Waals surface area contributed by atoms with Crippen molar-refractivity contribution >= 4 is 17.5 Å². The Kier molecular flexibility index (Phi) is 5.98. The number of carbonyl (C=O) groups is 1. The van der Waals surface area contributed by atoms with Crippen molar-refractivity contribution in [3.8, 4) is 5.75 Å². The Labute approximate surface area is 160 Å². The van der Waals surface area contributed by atoms with E-state index in [0.29, 0.717) is 37.8 Å². The lowest BCUT2D eigenvalue weighted by Gasteiger charge is -2.37. The van der Waals surface area contributed by atoms with Gasteiger partial charge in [-0.2, -0.15) is 0 Å². The summed E-state index contributed by atoms with van der Waals surface area (Å²) < 4.78 is 40.4. The summed E-state index contributed by atoms with van der Waals surface area (Å²) in [4.78, 5) is 25.0. The highest BCUT2D eigenvalue weighted by Crippen LogP contribution is 2.24. The SMILES string of the molecule is C[C@@H](C(=O)Nc1ccc(OC(F)(F)F)cc1)N1CCN(c2ncccn2)CC1. The van der Waals surface area contributed by atoms with Crippen molar-refractivity contribution < 1.29 is 22.7 Å². The van der Waals surface area contributed by atoms with Crippen LogP contribution in [0.15, 0.2) is 42.7 Å². The van der Waals surface area contributed by atoms with Gasteiger partial charge in [0, 0.05) is 44.3 Å². The number of anilines is 2. The van der Waals surface area contributed by atoms with Gasteiger partial charge in [0.1, 0.15) is 5.75 Å². The third kappa shape index (κ3) is 5.32. The largest absolute Gasteiger partial charge is 0.573 e. The number of rotatable bonds is 5. The number of carbonyl (C=O) groups excluding carboxylic acids is 1. The summed E-state index contributed by atoms with van der Waals surface area (Å²) in [5.74, 6) is 0.104. The second kappa shape index (κ2) is 8.42. The highest BCUT2D eigenvalue weighted by Gasteiger charge is 2.31. The van der Waals surface area contributed by atoms with E-state index in [1.54, 1.807) is 25.4 Å². The van der Waals surface area contributed by atoms with Crippen LogP contribution in [0.1, 0.15) is 6.92 Å². The third-order valence-electron chi connectivity index (χ3n) is 4.43. The Balaban J connectivity index is 1.51. The summed E-state index contributed by atoms with van der Waals surface area (Å²) in [5.41, 5.74) is 0.405. The zero-order chi connectivity index (χ0) is 20.1. The molecule has 28 heavy (non-hydrogen) atoms. The standard InChI is InChI=1S/C18H20F3N5O2/c1-13(25-9-11-26(12-10-25)17-22-7-2-8-23-17)16(27)24-14-3-5-15(6-4-14)28-18(19,20)21/h2-8,13H,9-12H2,1H3,(H,24,27)/t13-/m0/s1. The molecule has 0 bridgehead atoms. The van der Waals surface area contributed by atoms with Crippen molar-refractivity contribution in [2.24, 2.45) is 0 Å². The molecule has 0 aliphatic carbocycles. The fourth-order valence-electron chi connectivity index (χ4n) is 2.92. The third-order valence-corrected chi connectivity index (χ3v) is 4.43. The minimum absolute atomic E-state index is 0.228. The number of piperazine rings is 1. The van der Waals surface area contributed by atoms with Crippen LogP contribution in [0.25, 0.3) is 0 Å².